The highest BCUT2D eigenvalue weighted by Gasteiger charge is 2.29. The van der Waals surface area contributed by atoms with E-state index in [1.54, 1.807) is 11.3 Å². The molecule has 2 unspecified atom stereocenters. The molecule has 19 heavy (non-hydrogen) atoms. The maximum Gasteiger partial charge on any atom is 0.227 e. The number of hydrogen-bond acceptors (Lipinski definition) is 3. The van der Waals surface area contributed by atoms with Crippen molar-refractivity contribution in [1.82, 2.24) is 4.90 Å². The Kier molecular flexibility index (Phi) is 4.99. The van der Waals surface area contributed by atoms with Crippen LogP contribution in [0.25, 0.3) is 0 Å². The minimum atomic E-state index is 0.0211. The molecule has 1 aromatic rings. The first kappa shape index (κ1) is 14.5. The monoisotopic (exact) mass is 280 g/mol. The number of thiophene rings is 1. The molecular weight excluding hydrogens is 256 g/mol. The van der Waals surface area contributed by atoms with Crippen LogP contribution >= 0.6 is 11.3 Å². The second-order valence-corrected chi connectivity index (χ2v) is 6.63. The Morgan fingerprint density at radius 3 is 2.84 bits per heavy atom. The van der Waals surface area contributed by atoms with Crippen LogP contribution in [0.4, 0.5) is 0 Å². The predicted molar refractivity (Wildman–Crippen MR) is 80.1 cm³/mol. The van der Waals surface area contributed by atoms with E-state index in [2.05, 4.69) is 18.4 Å². The minimum Gasteiger partial charge on any atom is -0.340 e. The number of nitrogens with zero attached hydrogens (tertiary/aromatic N) is 1. The Morgan fingerprint density at radius 2 is 2.16 bits per heavy atom. The summed E-state index contributed by atoms with van der Waals surface area (Å²) < 4.78 is 0. The van der Waals surface area contributed by atoms with Gasteiger partial charge in [0.1, 0.15) is 0 Å². The van der Waals surface area contributed by atoms with Crippen LogP contribution in [0, 0.1) is 12.8 Å². The molecule has 0 spiro atoms. The van der Waals surface area contributed by atoms with Gasteiger partial charge in [0, 0.05) is 18.0 Å². The van der Waals surface area contributed by atoms with Crippen molar-refractivity contribution in [2.45, 2.75) is 51.6 Å². The van der Waals surface area contributed by atoms with E-state index in [4.69, 9.17) is 5.73 Å². The van der Waals surface area contributed by atoms with Crippen molar-refractivity contribution in [2.24, 2.45) is 11.7 Å². The molecule has 1 aliphatic rings. The van der Waals surface area contributed by atoms with E-state index < -0.39 is 0 Å². The summed E-state index contributed by atoms with van der Waals surface area (Å²) in [5, 5.41) is 2.08. The molecule has 0 aliphatic heterocycles. The molecule has 0 bridgehead atoms. The van der Waals surface area contributed by atoms with Gasteiger partial charge in [-0.25, -0.2) is 0 Å². The summed E-state index contributed by atoms with van der Waals surface area (Å²) in [6.07, 6.45) is 5.45. The number of hydrogen-bond donors (Lipinski definition) is 1. The molecule has 1 amide bonds. The van der Waals surface area contributed by atoms with Crippen molar-refractivity contribution < 1.29 is 4.79 Å². The van der Waals surface area contributed by atoms with E-state index in [1.165, 1.54) is 23.3 Å². The topological polar surface area (TPSA) is 46.3 Å². The third-order valence-corrected chi connectivity index (χ3v) is 5.12. The lowest BCUT2D eigenvalue weighted by atomic mass is 9.94. The summed E-state index contributed by atoms with van der Waals surface area (Å²) in [5.41, 5.74) is 7.45. The van der Waals surface area contributed by atoms with Gasteiger partial charge in [0.25, 0.3) is 0 Å². The third kappa shape index (κ3) is 3.57. The first-order valence-electron chi connectivity index (χ1n) is 7.13. The van der Waals surface area contributed by atoms with Crippen molar-refractivity contribution in [2.75, 3.05) is 7.05 Å². The molecule has 2 N–H and O–H groups in total. The van der Waals surface area contributed by atoms with Gasteiger partial charge in [-0.2, -0.15) is 0 Å². The van der Waals surface area contributed by atoms with Crippen LogP contribution in [0.1, 0.15) is 42.5 Å². The summed E-state index contributed by atoms with van der Waals surface area (Å²) in [7, 11) is 1.90. The van der Waals surface area contributed by atoms with E-state index in [0.29, 0.717) is 6.54 Å². The van der Waals surface area contributed by atoms with Gasteiger partial charge in [0.2, 0.25) is 5.91 Å². The maximum absolute atomic E-state index is 12.5. The van der Waals surface area contributed by atoms with Crippen LogP contribution in [0.5, 0.6) is 0 Å². The fourth-order valence-electron chi connectivity index (χ4n) is 2.79. The zero-order valence-electron chi connectivity index (χ0n) is 11.9. The van der Waals surface area contributed by atoms with Crippen LogP contribution in [-0.4, -0.2) is 23.9 Å². The molecule has 1 saturated carbocycles. The number of carbonyl (C=O) groups excluding carboxylic acids is 1. The summed E-state index contributed by atoms with van der Waals surface area (Å²) in [4.78, 5) is 15.7. The van der Waals surface area contributed by atoms with Crippen LogP contribution in [0.2, 0.25) is 0 Å². The van der Waals surface area contributed by atoms with Gasteiger partial charge in [0.05, 0.1) is 12.5 Å². The third-order valence-electron chi connectivity index (χ3n) is 4.11. The smallest absolute Gasteiger partial charge is 0.227 e. The van der Waals surface area contributed by atoms with Crippen LogP contribution in [-0.2, 0) is 11.3 Å². The highest BCUT2D eigenvalue weighted by Crippen LogP contribution is 2.25. The van der Waals surface area contributed by atoms with Crippen LogP contribution in [0.15, 0.2) is 11.4 Å². The van der Waals surface area contributed by atoms with E-state index >= 15 is 0 Å². The van der Waals surface area contributed by atoms with E-state index in [1.807, 2.05) is 11.9 Å². The standard InChI is InChI=1S/C15H24N2OS/c1-11-8-9-19-14(11)10-17(2)15(18)12-6-4-3-5-7-13(12)16/h8-9,12-13H,3-7,10,16H2,1-2H3. The van der Waals surface area contributed by atoms with Gasteiger partial charge in [-0.1, -0.05) is 19.3 Å². The lowest BCUT2D eigenvalue weighted by Crippen LogP contribution is -2.41. The number of carbonyl (C=O) groups is 1. The molecule has 3 nitrogen and oxygen atoms in total. The molecule has 1 fully saturated rings. The average molecular weight is 280 g/mol. The lowest BCUT2D eigenvalue weighted by molar-refractivity contribution is -0.135. The second kappa shape index (κ2) is 6.53. The Balaban J connectivity index is 1.99. The molecule has 1 heterocycles. The molecule has 0 radical (unpaired) electrons. The highest BCUT2D eigenvalue weighted by atomic mass is 32.1. The molecule has 2 rings (SSSR count). The average Bonchev–Trinajstić information content (AvgIpc) is 2.66. The predicted octanol–water partition coefficient (Wildman–Crippen LogP) is 2.92. The number of nitrogens with two attached hydrogens (primary N) is 1. The second-order valence-electron chi connectivity index (χ2n) is 5.63. The minimum absolute atomic E-state index is 0.0211. The summed E-state index contributed by atoms with van der Waals surface area (Å²) >= 11 is 1.72. The van der Waals surface area contributed by atoms with E-state index in [9.17, 15) is 4.79 Å². The fourth-order valence-corrected chi connectivity index (χ4v) is 3.74. The summed E-state index contributed by atoms with van der Waals surface area (Å²) in [6, 6.07) is 2.15. The zero-order chi connectivity index (χ0) is 13.8. The van der Waals surface area contributed by atoms with Gasteiger partial charge in [-0.15, -0.1) is 11.3 Å². The van der Waals surface area contributed by atoms with Gasteiger partial charge < -0.3 is 10.6 Å². The Morgan fingerprint density at radius 1 is 1.42 bits per heavy atom. The Labute approximate surface area is 119 Å². The first-order chi connectivity index (χ1) is 9.09. The number of rotatable bonds is 3. The van der Waals surface area contributed by atoms with Crippen molar-refractivity contribution >= 4 is 17.2 Å². The molecular formula is C15H24N2OS. The zero-order valence-corrected chi connectivity index (χ0v) is 12.7. The molecule has 0 saturated heterocycles. The number of amides is 1. The molecule has 106 valence electrons. The van der Waals surface area contributed by atoms with Crippen molar-refractivity contribution in [3.63, 3.8) is 0 Å². The largest absolute Gasteiger partial charge is 0.340 e. The van der Waals surface area contributed by atoms with Gasteiger partial charge in [-0.05, 0) is 36.8 Å². The molecule has 0 aromatic carbocycles. The van der Waals surface area contributed by atoms with E-state index in [0.717, 1.165) is 19.3 Å². The van der Waals surface area contributed by atoms with Crippen molar-refractivity contribution in [3.8, 4) is 0 Å². The maximum atomic E-state index is 12.5. The van der Waals surface area contributed by atoms with Crippen molar-refractivity contribution in [3.05, 3.63) is 21.9 Å². The van der Waals surface area contributed by atoms with Crippen LogP contribution < -0.4 is 5.73 Å². The van der Waals surface area contributed by atoms with Gasteiger partial charge >= 0.3 is 0 Å². The first-order valence-corrected chi connectivity index (χ1v) is 8.01. The molecule has 4 heteroatoms. The van der Waals surface area contributed by atoms with Gasteiger partial charge in [-0.3, -0.25) is 4.79 Å². The van der Waals surface area contributed by atoms with Gasteiger partial charge in [0.15, 0.2) is 0 Å². The highest BCUT2D eigenvalue weighted by molar-refractivity contribution is 7.10. The lowest BCUT2D eigenvalue weighted by Gasteiger charge is -2.26. The summed E-state index contributed by atoms with van der Waals surface area (Å²) in [6.45, 7) is 2.81. The summed E-state index contributed by atoms with van der Waals surface area (Å²) in [5.74, 6) is 0.245. The Bertz CT molecular complexity index is 430. The normalized spacial score (nSPS) is 23.9. The SMILES string of the molecule is Cc1ccsc1CN(C)C(=O)C1CCCCCC1N. The molecule has 2 atom stereocenters. The molecule has 1 aromatic heterocycles. The Hall–Kier alpha value is -0.870. The van der Waals surface area contributed by atoms with Crippen LogP contribution in [0.3, 0.4) is 0 Å². The molecule has 1 aliphatic carbocycles. The quantitative estimate of drug-likeness (QED) is 0.865. The fraction of sp³-hybridized carbons (Fsp3) is 0.667. The number of aryl methyl sites for hydroxylation is 1. The van der Waals surface area contributed by atoms with E-state index in [-0.39, 0.29) is 17.9 Å². The van der Waals surface area contributed by atoms with Crippen molar-refractivity contribution in [1.29, 1.82) is 0 Å².